The van der Waals surface area contributed by atoms with Crippen LogP contribution in [0.1, 0.15) is 29.9 Å². The standard InChI is InChI=1S/C19H20O2/c20-19(17-12-7-13-21-14-17)18(15-8-3-1-4-9-15)16-10-5-2-6-11-16/h1-6,8-11,17-18H,7,12-14H2. The third-order valence-electron chi connectivity index (χ3n) is 4.11. The molecule has 1 fully saturated rings. The minimum absolute atomic E-state index is 0.0177. The minimum atomic E-state index is -0.181. The smallest absolute Gasteiger partial charge is 0.150 e. The first-order valence-electron chi connectivity index (χ1n) is 7.57. The van der Waals surface area contributed by atoms with Crippen molar-refractivity contribution in [3.05, 3.63) is 71.8 Å². The van der Waals surface area contributed by atoms with E-state index in [0.717, 1.165) is 30.6 Å². The third kappa shape index (κ3) is 3.22. The second-order valence-corrected chi connectivity index (χ2v) is 5.57. The van der Waals surface area contributed by atoms with Gasteiger partial charge in [-0.3, -0.25) is 4.79 Å². The first-order chi connectivity index (χ1) is 10.4. The van der Waals surface area contributed by atoms with Crippen molar-refractivity contribution in [2.45, 2.75) is 18.8 Å². The van der Waals surface area contributed by atoms with Gasteiger partial charge in [0.15, 0.2) is 0 Å². The highest BCUT2D eigenvalue weighted by Gasteiger charge is 2.30. The molecule has 1 saturated heterocycles. The summed E-state index contributed by atoms with van der Waals surface area (Å²) in [4.78, 5) is 13.0. The van der Waals surface area contributed by atoms with Gasteiger partial charge in [0.05, 0.1) is 12.5 Å². The van der Waals surface area contributed by atoms with Crippen LogP contribution in [0.2, 0.25) is 0 Å². The number of benzene rings is 2. The maximum atomic E-state index is 13.0. The molecule has 108 valence electrons. The largest absolute Gasteiger partial charge is 0.381 e. The fourth-order valence-corrected chi connectivity index (χ4v) is 3.01. The van der Waals surface area contributed by atoms with Crippen LogP contribution in [0.3, 0.4) is 0 Å². The number of ether oxygens (including phenoxy) is 1. The maximum Gasteiger partial charge on any atom is 0.150 e. The summed E-state index contributed by atoms with van der Waals surface area (Å²) in [7, 11) is 0. The van der Waals surface area contributed by atoms with Crippen molar-refractivity contribution in [3.8, 4) is 0 Å². The summed E-state index contributed by atoms with van der Waals surface area (Å²) >= 11 is 0. The number of carbonyl (C=O) groups is 1. The van der Waals surface area contributed by atoms with E-state index in [0.29, 0.717) is 6.61 Å². The molecule has 3 rings (SSSR count). The van der Waals surface area contributed by atoms with E-state index in [2.05, 4.69) is 0 Å². The van der Waals surface area contributed by atoms with Crippen LogP contribution in [-0.4, -0.2) is 19.0 Å². The number of hydrogen-bond acceptors (Lipinski definition) is 2. The SMILES string of the molecule is O=C(C1CCCOC1)C(c1ccccc1)c1ccccc1. The average Bonchev–Trinajstić information content (AvgIpc) is 2.58. The van der Waals surface area contributed by atoms with Crippen molar-refractivity contribution < 1.29 is 9.53 Å². The first-order valence-corrected chi connectivity index (χ1v) is 7.57. The summed E-state index contributed by atoms with van der Waals surface area (Å²) in [6, 6.07) is 20.1. The van der Waals surface area contributed by atoms with E-state index >= 15 is 0 Å². The van der Waals surface area contributed by atoms with Crippen molar-refractivity contribution in [1.29, 1.82) is 0 Å². The van der Waals surface area contributed by atoms with Crippen LogP contribution in [-0.2, 0) is 9.53 Å². The van der Waals surface area contributed by atoms with Gasteiger partial charge >= 0.3 is 0 Å². The molecule has 2 aromatic rings. The zero-order valence-electron chi connectivity index (χ0n) is 12.1. The summed E-state index contributed by atoms with van der Waals surface area (Å²) in [5.74, 6) is 0.121. The highest BCUT2D eigenvalue weighted by molar-refractivity contribution is 5.91. The molecule has 2 aromatic carbocycles. The Bertz CT molecular complexity index is 532. The number of Topliss-reactive ketones (excluding diaryl/α,β-unsaturated/α-hetero) is 1. The van der Waals surface area contributed by atoms with Gasteiger partial charge in [0, 0.05) is 12.5 Å². The highest BCUT2D eigenvalue weighted by atomic mass is 16.5. The Kier molecular flexibility index (Phi) is 4.46. The molecule has 0 aliphatic carbocycles. The second-order valence-electron chi connectivity index (χ2n) is 5.57. The van der Waals surface area contributed by atoms with Gasteiger partial charge < -0.3 is 4.74 Å². The summed E-state index contributed by atoms with van der Waals surface area (Å²) in [6.07, 6.45) is 1.92. The fourth-order valence-electron chi connectivity index (χ4n) is 3.01. The Morgan fingerprint density at radius 3 is 2.00 bits per heavy atom. The van der Waals surface area contributed by atoms with Gasteiger partial charge in [-0.1, -0.05) is 60.7 Å². The number of carbonyl (C=O) groups excluding carboxylic acids is 1. The summed E-state index contributed by atoms with van der Waals surface area (Å²) in [5, 5.41) is 0. The Balaban J connectivity index is 1.94. The van der Waals surface area contributed by atoms with Crippen LogP contribution >= 0.6 is 0 Å². The Hall–Kier alpha value is -1.93. The molecule has 0 spiro atoms. The van der Waals surface area contributed by atoms with Crippen molar-refractivity contribution >= 4 is 5.78 Å². The lowest BCUT2D eigenvalue weighted by molar-refractivity contribution is -0.127. The Morgan fingerprint density at radius 2 is 1.52 bits per heavy atom. The Labute approximate surface area is 125 Å². The van der Waals surface area contributed by atoms with Crippen molar-refractivity contribution in [2.24, 2.45) is 5.92 Å². The zero-order chi connectivity index (χ0) is 14.5. The van der Waals surface area contributed by atoms with E-state index in [1.54, 1.807) is 0 Å². The molecule has 0 N–H and O–H groups in total. The molecule has 2 heteroatoms. The molecule has 2 nitrogen and oxygen atoms in total. The van der Waals surface area contributed by atoms with Crippen molar-refractivity contribution in [1.82, 2.24) is 0 Å². The molecule has 1 atom stereocenters. The predicted molar refractivity (Wildman–Crippen MR) is 83.3 cm³/mol. The molecule has 21 heavy (non-hydrogen) atoms. The molecule has 0 radical (unpaired) electrons. The molecule has 1 heterocycles. The molecule has 0 saturated carbocycles. The van der Waals surface area contributed by atoms with Crippen LogP contribution < -0.4 is 0 Å². The fraction of sp³-hybridized carbons (Fsp3) is 0.316. The van der Waals surface area contributed by atoms with Gasteiger partial charge in [0.1, 0.15) is 5.78 Å². The molecular weight excluding hydrogens is 260 g/mol. The molecule has 1 unspecified atom stereocenters. The van der Waals surface area contributed by atoms with Crippen molar-refractivity contribution in [3.63, 3.8) is 0 Å². The third-order valence-corrected chi connectivity index (χ3v) is 4.11. The van der Waals surface area contributed by atoms with Crippen LogP contribution in [0.25, 0.3) is 0 Å². The molecule has 0 bridgehead atoms. The monoisotopic (exact) mass is 280 g/mol. The normalized spacial score (nSPS) is 18.6. The second kappa shape index (κ2) is 6.68. The first kappa shape index (κ1) is 14.0. The van der Waals surface area contributed by atoms with Gasteiger partial charge in [-0.25, -0.2) is 0 Å². The number of hydrogen-bond donors (Lipinski definition) is 0. The maximum absolute atomic E-state index is 13.0. The average molecular weight is 280 g/mol. The quantitative estimate of drug-likeness (QED) is 0.851. The lowest BCUT2D eigenvalue weighted by Crippen LogP contribution is -2.30. The summed E-state index contributed by atoms with van der Waals surface area (Å²) < 4.78 is 5.50. The van der Waals surface area contributed by atoms with Gasteiger partial charge in [0.2, 0.25) is 0 Å². The number of rotatable bonds is 4. The van der Waals surface area contributed by atoms with E-state index in [4.69, 9.17) is 4.74 Å². The van der Waals surface area contributed by atoms with Crippen LogP contribution in [0.5, 0.6) is 0 Å². The van der Waals surface area contributed by atoms with E-state index in [-0.39, 0.29) is 17.6 Å². The predicted octanol–water partition coefficient (Wildman–Crippen LogP) is 3.81. The summed E-state index contributed by atoms with van der Waals surface area (Å²) in [6.45, 7) is 1.35. The van der Waals surface area contributed by atoms with Crippen LogP contribution in [0, 0.1) is 5.92 Å². The lowest BCUT2D eigenvalue weighted by atomic mass is 9.81. The van der Waals surface area contributed by atoms with E-state index < -0.39 is 0 Å². The molecule has 1 aliphatic rings. The van der Waals surface area contributed by atoms with E-state index in [9.17, 15) is 4.79 Å². The Morgan fingerprint density at radius 1 is 0.952 bits per heavy atom. The molecular formula is C19H20O2. The molecule has 0 amide bonds. The zero-order valence-corrected chi connectivity index (χ0v) is 12.1. The number of ketones is 1. The van der Waals surface area contributed by atoms with Crippen molar-refractivity contribution in [2.75, 3.05) is 13.2 Å². The van der Waals surface area contributed by atoms with Crippen LogP contribution in [0.4, 0.5) is 0 Å². The molecule has 0 aromatic heterocycles. The lowest BCUT2D eigenvalue weighted by Gasteiger charge is -2.26. The van der Waals surface area contributed by atoms with Crippen LogP contribution in [0.15, 0.2) is 60.7 Å². The minimum Gasteiger partial charge on any atom is -0.381 e. The van der Waals surface area contributed by atoms with Gasteiger partial charge in [-0.2, -0.15) is 0 Å². The van der Waals surface area contributed by atoms with E-state index in [1.165, 1.54) is 0 Å². The van der Waals surface area contributed by atoms with Gasteiger partial charge in [0.25, 0.3) is 0 Å². The molecule has 1 aliphatic heterocycles. The van der Waals surface area contributed by atoms with Gasteiger partial charge in [-0.05, 0) is 24.0 Å². The topological polar surface area (TPSA) is 26.3 Å². The van der Waals surface area contributed by atoms with Gasteiger partial charge in [-0.15, -0.1) is 0 Å². The van der Waals surface area contributed by atoms with E-state index in [1.807, 2.05) is 60.7 Å². The highest BCUT2D eigenvalue weighted by Crippen LogP contribution is 2.30. The summed E-state index contributed by atoms with van der Waals surface area (Å²) in [5.41, 5.74) is 2.14.